The largest absolute Gasteiger partial charge is 0.293 e. The van der Waals surface area contributed by atoms with Crippen molar-refractivity contribution < 1.29 is 14.0 Å². The van der Waals surface area contributed by atoms with Crippen LogP contribution in [0.5, 0.6) is 0 Å². The van der Waals surface area contributed by atoms with Crippen LogP contribution in [-0.4, -0.2) is 17.3 Å². The molecule has 0 fully saturated rings. The Bertz CT molecular complexity index is 436. The molecule has 0 saturated carbocycles. The number of carbonyl (C=O) groups excluding carboxylic acids is 2. The highest BCUT2D eigenvalue weighted by atomic mass is 19.1. The molecule has 90 valence electrons. The van der Waals surface area contributed by atoms with Crippen molar-refractivity contribution in [1.82, 2.24) is 0 Å². The number of Topliss-reactive ketones (excluding diaryl/α,β-unsaturated/α-hetero) is 2. The highest BCUT2D eigenvalue weighted by molar-refractivity contribution is 6.65. The molecule has 17 heavy (non-hydrogen) atoms. The molecule has 0 aliphatic rings. The van der Waals surface area contributed by atoms with Crippen LogP contribution < -0.4 is 5.43 Å². The van der Waals surface area contributed by atoms with Gasteiger partial charge in [-0.05, 0) is 17.7 Å². The summed E-state index contributed by atoms with van der Waals surface area (Å²) in [5.74, 6) is -0.796. The molecular weight excluding hydrogens is 223 g/mol. The quantitative estimate of drug-likeness (QED) is 0.484. The summed E-state index contributed by atoms with van der Waals surface area (Å²) in [5.41, 5.74) is 3.58. The van der Waals surface area contributed by atoms with Crippen LogP contribution in [0.4, 0.5) is 10.1 Å². The van der Waals surface area contributed by atoms with Gasteiger partial charge in [-0.25, -0.2) is 4.39 Å². The molecule has 0 radical (unpaired) electrons. The van der Waals surface area contributed by atoms with E-state index in [9.17, 15) is 14.0 Å². The Labute approximate surface area is 98.5 Å². The van der Waals surface area contributed by atoms with Crippen molar-refractivity contribution in [3.63, 3.8) is 0 Å². The van der Waals surface area contributed by atoms with Gasteiger partial charge in [-0.2, -0.15) is 5.10 Å². The number of ketones is 2. The van der Waals surface area contributed by atoms with E-state index in [4.69, 9.17) is 0 Å². The van der Waals surface area contributed by atoms with E-state index in [1.165, 1.54) is 13.8 Å². The Hall–Kier alpha value is -2.04. The molecule has 0 saturated heterocycles. The lowest BCUT2D eigenvalue weighted by Crippen LogP contribution is -2.20. The maximum Gasteiger partial charge on any atom is 0.183 e. The second-order valence-corrected chi connectivity index (χ2v) is 3.52. The molecule has 0 aromatic heterocycles. The van der Waals surface area contributed by atoms with Crippen LogP contribution in [-0.2, 0) is 16.3 Å². The molecule has 0 atom stereocenters. The summed E-state index contributed by atoms with van der Waals surface area (Å²) < 4.78 is 12.2. The number of rotatable bonds is 5. The normalized spacial score (nSPS) is 9.59. The number of hydrazone groups is 1. The van der Waals surface area contributed by atoms with Crippen molar-refractivity contribution in [2.45, 2.75) is 20.5 Å². The standard InChI is InChI=1S/C12H13FN2O2/c1-8(16)12(9(2)17)15-14-11-5-3-10(7-13)4-6-11/h3-6,14H,7H2,1-2H3. The molecule has 0 aliphatic heterocycles. The summed E-state index contributed by atoms with van der Waals surface area (Å²) >= 11 is 0. The van der Waals surface area contributed by atoms with Crippen molar-refractivity contribution in [2.24, 2.45) is 5.10 Å². The second kappa shape index (κ2) is 5.89. The molecule has 1 aromatic rings. The minimum atomic E-state index is -0.532. The van der Waals surface area contributed by atoms with Crippen LogP contribution in [0.2, 0.25) is 0 Å². The van der Waals surface area contributed by atoms with E-state index in [0.717, 1.165) is 0 Å². The van der Waals surface area contributed by atoms with Crippen molar-refractivity contribution in [1.29, 1.82) is 0 Å². The predicted octanol–water partition coefficient (Wildman–Crippen LogP) is 2.10. The van der Waals surface area contributed by atoms with Crippen molar-refractivity contribution in [2.75, 3.05) is 5.43 Å². The van der Waals surface area contributed by atoms with Gasteiger partial charge in [0.15, 0.2) is 17.3 Å². The fourth-order valence-electron chi connectivity index (χ4n) is 1.19. The van der Waals surface area contributed by atoms with Gasteiger partial charge in [0, 0.05) is 13.8 Å². The summed E-state index contributed by atoms with van der Waals surface area (Å²) in [6.07, 6.45) is 0. The van der Waals surface area contributed by atoms with E-state index in [1.54, 1.807) is 24.3 Å². The number of alkyl halides is 1. The van der Waals surface area contributed by atoms with Crippen LogP contribution in [0.1, 0.15) is 19.4 Å². The molecule has 1 N–H and O–H groups in total. The van der Waals surface area contributed by atoms with Gasteiger partial charge >= 0.3 is 0 Å². The molecule has 0 aliphatic carbocycles. The Morgan fingerprint density at radius 2 is 1.71 bits per heavy atom. The second-order valence-electron chi connectivity index (χ2n) is 3.52. The lowest BCUT2D eigenvalue weighted by atomic mass is 10.2. The number of nitrogens with zero attached hydrogens (tertiary/aromatic N) is 1. The number of hydrogen-bond acceptors (Lipinski definition) is 4. The third kappa shape index (κ3) is 3.79. The van der Waals surface area contributed by atoms with Crippen molar-refractivity contribution in [3.05, 3.63) is 29.8 Å². The molecule has 1 aromatic carbocycles. The highest BCUT2D eigenvalue weighted by Crippen LogP contribution is 2.10. The van der Waals surface area contributed by atoms with Crippen molar-refractivity contribution in [3.8, 4) is 0 Å². The van der Waals surface area contributed by atoms with Gasteiger partial charge in [0.1, 0.15) is 6.67 Å². The Kier molecular flexibility index (Phi) is 4.51. The minimum Gasteiger partial charge on any atom is -0.293 e. The number of carbonyl (C=O) groups is 2. The molecule has 0 amide bonds. The first-order valence-electron chi connectivity index (χ1n) is 5.05. The molecule has 1 rings (SSSR count). The molecule has 0 heterocycles. The molecule has 0 unspecified atom stereocenters. The number of benzene rings is 1. The lowest BCUT2D eigenvalue weighted by molar-refractivity contribution is -0.114. The Morgan fingerprint density at radius 1 is 1.18 bits per heavy atom. The maximum atomic E-state index is 12.2. The van der Waals surface area contributed by atoms with E-state index >= 15 is 0 Å². The highest BCUT2D eigenvalue weighted by Gasteiger charge is 2.11. The summed E-state index contributed by atoms with van der Waals surface area (Å²) in [5, 5.41) is 3.72. The first kappa shape index (κ1) is 13.0. The lowest BCUT2D eigenvalue weighted by Gasteiger charge is -2.02. The van der Waals surface area contributed by atoms with Gasteiger partial charge in [-0.1, -0.05) is 12.1 Å². The van der Waals surface area contributed by atoms with Gasteiger partial charge in [0.2, 0.25) is 0 Å². The van der Waals surface area contributed by atoms with Crippen LogP contribution in [0.15, 0.2) is 29.4 Å². The van der Waals surface area contributed by atoms with Gasteiger partial charge in [-0.15, -0.1) is 0 Å². The zero-order chi connectivity index (χ0) is 12.8. The zero-order valence-corrected chi connectivity index (χ0v) is 9.66. The molecule has 5 heteroatoms. The van der Waals surface area contributed by atoms with Gasteiger partial charge < -0.3 is 0 Å². The summed E-state index contributed by atoms with van der Waals surface area (Å²) in [4.78, 5) is 22.1. The number of hydrogen-bond donors (Lipinski definition) is 1. The fourth-order valence-corrected chi connectivity index (χ4v) is 1.19. The van der Waals surface area contributed by atoms with E-state index in [-0.39, 0.29) is 5.71 Å². The van der Waals surface area contributed by atoms with Crippen LogP contribution >= 0.6 is 0 Å². The number of anilines is 1. The molecule has 0 bridgehead atoms. The topological polar surface area (TPSA) is 58.5 Å². The smallest absolute Gasteiger partial charge is 0.183 e. The zero-order valence-electron chi connectivity index (χ0n) is 9.66. The number of halogens is 1. The minimum absolute atomic E-state index is 0.139. The van der Waals surface area contributed by atoms with Crippen LogP contribution in [0.25, 0.3) is 0 Å². The van der Waals surface area contributed by atoms with Crippen LogP contribution in [0, 0.1) is 0 Å². The van der Waals surface area contributed by atoms with Gasteiger partial charge in [0.05, 0.1) is 5.69 Å². The molecule has 0 spiro atoms. The van der Waals surface area contributed by atoms with E-state index in [2.05, 4.69) is 10.5 Å². The van der Waals surface area contributed by atoms with Gasteiger partial charge in [0.25, 0.3) is 0 Å². The third-order valence-electron chi connectivity index (χ3n) is 2.07. The van der Waals surface area contributed by atoms with E-state index in [1.807, 2.05) is 0 Å². The molecule has 4 nitrogen and oxygen atoms in total. The average molecular weight is 236 g/mol. The third-order valence-corrected chi connectivity index (χ3v) is 2.07. The van der Waals surface area contributed by atoms with E-state index in [0.29, 0.717) is 11.3 Å². The summed E-state index contributed by atoms with van der Waals surface area (Å²) in [7, 11) is 0. The number of nitrogens with one attached hydrogen (secondary N) is 1. The Morgan fingerprint density at radius 3 is 2.12 bits per heavy atom. The van der Waals surface area contributed by atoms with Crippen LogP contribution in [0.3, 0.4) is 0 Å². The monoisotopic (exact) mass is 236 g/mol. The van der Waals surface area contributed by atoms with Crippen molar-refractivity contribution >= 4 is 23.0 Å². The Balaban J connectivity index is 2.80. The predicted molar refractivity (Wildman–Crippen MR) is 63.7 cm³/mol. The maximum absolute atomic E-state index is 12.2. The summed E-state index contributed by atoms with van der Waals surface area (Å²) in [6.45, 7) is 2.01. The summed E-state index contributed by atoms with van der Waals surface area (Å²) in [6, 6.07) is 6.44. The van der Waals surface area contributed by atoms with E-state index < -0.39 is 18.2 Å². The first-order valence-corrected chi connectivity index (χ1v) is 5.05. The average Bonchev–Trinajstić information content (AvgIpc) is 2.29. The van der Waals surface area contributed by atoms with Gasteiger partial charge in [-0.3, -0.25) is 15.0 Å². The first-order chi connectivity index (χ1) is 8.04. The fraction of sp³-hybridized carbons (Fsp3) is 0.250. The SMILES string of the molecule is CC(=O)C(=NNc1ccc(CF)cc1)C(C)=O. The molecular formula is C12H13FN2O2.